The van der Waals surface area contributed by atoms with Gasteiger partial charge in [0.05, 0.1) is 17.8 Å². The lowest BCUT2D eigenvalue weighted by molar-refractivity contribution is -0.115. The molecule has 0 fully saturated rings. The molecule has 1 N–H and O–H groups in total. The van der Waals surface area contributed by atoms with Crippen molar-refractivity contribution in [1.29, 1.82) is 0 Å². The van der Waals surface area contributed by atoms with Crippen LogP contribution in [-0.4, -0.2) is 11.1 Å². The van der Waals surface area contributed by atoms with Crippen LogP contribution < -0.4 is 5.32 Å². The molecule has 22 heavy (non-hydrogen) atoms. The van der Waals surface area contributed by atoms with Crippen LogP contribution in [0.15, 0.2) is 65.2 Å². The molecule has 1 heterocycles. The molecule has 0 atom stereocenters. The van der Waals surface area contributed by atoms with Crippen molar-refractivity contribution < 1.29 is 13.7 Å². The molecule has 5 heteroatoms. The molecule has 4 nitrogen and oxygen atoms in total. The molecule has 0 saturated carbocycles. The van der Waals surface area contributed by atoms with E-state index in [2.05, 4.69) is 10.5 Å². The summed E-state index contributed by atoms with van der Waals surface area (Å²) >= 11 is 0. The normalized spacial score (nSPS) is 10.4. The number of hydrogen-bond acceptors (Lipinski definition) is 3. The number of nitrogens with zero attached hydrogens (tertiary/aromatic N) is 1. The van der Waals surface area contributed by atoms with Crippen molar-refractivity contribution >= 4 is 11.6 Å². The number of anilines is 1. The third-order valence-electron chi connectivity index (χ3n) is 3.11. The number of carbonyl (C=O) groups excluding carboxylic acids is 1. The highest BCUT2D eigenvalue weighted by Crippen LogP contribution is 2.20. The van der Waals surface area contributed by atoms with Crippen molar-refractivity contribution in [3.63, 3.8) is 0 Å². The van der Waals surface area contributed by atoms with Crippen LogP contribution in [0.4, 0.5) is 10.1 Å². The van der Waals surface area contributed by atoms with E-state index in [-0.39, 0.29) is 18.0 Å². The SMILES string of the molecule is O=C(Cc1cc(-c2ccccc2)on1)Nc1ccccc1F. The predicted molar refractivity (Wildman–Crippen MR) is 80.7 cm³/mol. The Morgan fingerprint density at radius 3 is 2.59 bits per heavy atom. The Bertz CT molecular complexity index is 784. The first-order valence-corrected chi connectivity index (χ1v) is 6.78. The Morgan fingerprint density at radius 1 is 1.09 bits per heavy atom. The van der Waals surface area contributed by atoms with Gasteiger partial charge >= 0.3 is 0 Å². The Morgan fingerprint density at radius 2 is 1.82 bits per heavy atom. The summed E-state index contributed by atoms with van der Waals surface area (Å²) < 4.78 is 18.7. The van der Waals surface area contributed by atoms with Gasteiger partial charge in [-0.3, -0.25) is 4.79 Å². The highest BCUT2D eigenvalue weighted by Gasteiger charge is 2.12. The lowest BCUT2D eigenvalue weighted by Crippen LogP contribution is -2.15. The summed E-state index contributed by atoms with van der Waals surface area (Å²) in [5.41, 5.74) is 1.53. The first-order valence-electron chi connectivity index (χ1n) is 6.78. The standard InChI is InChI=1S/C17H13FN2O2/c18-14-8-4-5-9-15(14)19-17(21)11-13-10-16(22-20-13)12-6-2-1-3-7-12/h1-10H,11H2,(H,19,21). The quantitative estimate of drug-likeness (QED) is 0.799. The van der Waals surface area contributed by atoms with E-state index in [0.717, 1.165) is 5.56 Å². The molecular formula is C17H13FN2O2. The van der Waals surface area contributed by atoms with Crippen LogP contribution in [-0.2, 0) is 11.2 Å². The number of rotatable bonds is 4. The van der Waals surface area contributed by atoms with E-state index in [1.54, 1.807) is 18.2 Å². The van der Waals surface area contributed by atoms with Gasteiger partial charge in [-0.1, -0.05) is 47.6 Å². The van der Waals surface area contributed by atoms with Gasteiger partial charge in [-0.15, -0.1) is 0 Å². The van der Waals surface area contributed by atoms with Crippen molar-refractivity contribution in [2.45, 2.75) is 6.42 Å². The maximum absolute atomic E-state index is 13.5. The molecule has 0 aliphatic rings. The van der Waals surface area contributed by atoms with E-state index in [4.69, 9.17) is 4.52 Å². The molecule has 1 aromatic heterocycles. The summed E-state index contributed by atoms with van der Waals surface area (Å²) in [6, 6.07) is 17.2. The van der Waals surface area contributed by atoms with Gasteiger partial charge in [0.15, 0.2) is 5.76 Å². The summed E-state index contributed by atoms with van der Waals surface area (Å²) in [4.78, 5) is 11.9. The minimum Gasteiger partial charge on any atom is -0.356 e. The van der Waals surface area contributed by atoms with Gasteiger partial charge in [0, 0.05) is 11.6 Å². The van der Waals surface area contributed by atoms with Crippen molar-refractivity contribution in [1.82, 2.24) is 5.16 Å². The number of carbonyl (C=O) groups is 1. The van der Waals surface area contributed by atoms with E-state index in [1.807, 2.05) is 30.3 Å². The summed E-state index contributed by atoms with van der Waals surface area (Å²) in [6.07, 6.45) is 0.0185. The van der Waals surface area contributed by atoms with Crippen molar-refractivity contribution in [3.05, 3.63) is 72.2 Å². The van der Waals surface area contributed by atoms with E-state index < -0.39 is 5.82 Å². The fourth-order valence-corrected chi connectivity index (χ4v) is 2.06. The smallest absolute Gasteiger partial charge is 0.230 e. The summed E-state index contributed by atoms with van der Waals surface area (Å²) in [6.45, 7) is 0. The van der Waals surface area contributed by atoms with E-state index in [9.17, 15) is 9.18 Å². The highest BCUT2D eigenvalue weighted by atomic mass is 19.1. The summed E-state index contributed by atoms with van der Waals surface area (Å²) in [5, 5.41) is 6.38. The van der Waals surface area contributed by atoms with Gasteiger partial charge in [-0.05, 0) is 12.1 Å². The monoisotopic (exact) mass is 296 g/mol. The Kier molecular flexibility index (Phi) is 3.96. The Balaban J connectivity index is 1.68. The number of hydrogen-bond donors (Lipinski definition) is 1. The molecule has 0 bridgehead atoms. The topological polar surface area (TPSA) is 55.1 Å². The molecule has 0 spiro atoms. The molecule has 1 amide bonds. The predicted octanol–water partition coefficient (Wildman–Crippen LogP) is 3.66. The third kappa shape index (κ3) is 3.20. The van der Waals surface area contributed by atoms with Crippen LogP contribution in [0.5, 0.6) is 0 Å². The van der Waals surface area contributed by atoms with Crippen molar-refractivity contribution in [2.24, 2.45) is 0 Å². The minimum absolute atomic E-state index is 0.0185. The van der Waals surface area contributed by atoms with Crippen LogP contribution >= 0.6 is 0 Å². The van der Waals surface area contributed by atoms with Crippen LogP contribution in [0.2, 0.25) is 0 Å². The van der Waals surface area contributed by atoms with Gasteiger partial charge in [0.2, 0.25) is 5.91 Å². The number of aromatic nitrogens is 1. The van der Waals surface area contributed by atoms with E-state index in [0.29, 0.717) is 11.5 Å². The van der Waals surface area contributed by atoms with Crippen molar-refractivity contribution in [2.75, 3.05) is 5.32 Å². The zero-order chi connectivity index (χ0) is 15.4. The molecule has 0 aliphatic heterocycles. The lowest BCUT2D eigenvalue weighted by Gasteiger charge is -2.04. The number of benzene rings is 2. The number of amides is 1. The zero-order valence-electron chi connectivity index (χ0n) is 11.6. The average molecular weight is 296 g/mol. The first kappa shape index (κ1) is 14.0. The maximum Gasteiger partial charge on any atom is 0.230 e. The molecular weight excluding hydrogens is 283 g/mol. The first-order chi connectivity index (χ1) is 10.7. The van der Waals surface area contributed by atoms with Gasteiger partial charge in [0.1, 0.15) is 5.82 Å². The van der Waals surface area contributed by atoms with Crippen LogP contribution in [0.3, 0.4) is 0 Å². The molecule has 3 aromatic rings. The zero-order valence-corrected chi connectivity index (χ0v) is 11.6. The fourth-order valence-electron chi connectivity index (χ4n) is 2.06. The molecule has 3 rings (SSSR count). The minimum atomic E-state index is -0.471. The molecule has 0 aliphatic carbocycles. The Hall–Kier alpha value is -2.95. The highest BCUT2D eigenvalue weighted by molar-refractivity contribution is 5.92. The number of halogens is 1. The molecule has 0 radical (unpaired) electrons. The fraction of sp³-hybridized carbons (Fsp3) is 0.0588. The second kappa shape index (κ2) is 6.22. The largest absolute Gasteiger partial charge is 0.356 e. The summed E-state index contributed by atoms with van der Waals surface area (Å²) in [5.74, 6) is -0.228. The van der Waals surface area contributed by atoms with Gasteiger partial charge in [-0.2, -0.15) is 0 Å². The number of nitrogens with one attached hydrogen (secondary N) is 1. The third-order valence-corrected chi connectivity index (χ3v) is 3.11. The van der Waals surface area contributed by atoms with Crippen LogP contribution in [0.25, 0.3) is 11.3 Å². The van der Waals surface area contributed by atoms with Gasteiger partial charge in [0.25, 0.3) is 0 Å². The maximum atomic E-state index is 13.5. The van der Waals surface area contributed by atoms with E-state index in [1.165, 1.54) is 12.1 Å². The molecule has 110 valence electrons. The van der Waals surface area contributed by atoms with Crippen LogP contribution in [0, 0.1) is 5.82 Å². The second-order valence-electron chi connectivity index (χ2n) is 4.75. The second-order valence-corrected chi connectivity index (χ2v) is 4.75. The van der Waals surface area contributed by atoms with Gasteiger partial charge < -0.3 is 9.84 Å². The van der Waals surface area contributed by atoms with E-state index >= 15 is 0 Å². The van der Waals surface area contributed by atoms with Crippen LogP contribution in [0.1, 0.15) is 5.69 Å². The lowest BCUT2D eigenvalue weighted by atomic mass is 10.1. The summed E-state index contributed by atoms with van der Waals surface area (Å²) in [7, 11) is 0. The molecule has 0 saturated heterocycles. The van der Waals surface area contributed by atoms with Gasteiger partial charge in [-0.25, -0.2) is 4.39 Å². The molecule has 0 unspecified atom stereocenters. The number of para-hydroxylation sites is 1. The average Bonchev–Trinajstić information content (AvgIpc) is 2.99. The Labute approximate surface area is 126 Å². The van der Waals surface area contributed by atoms with Crippen molar-refractivity contribution in [3.8, 4) is 11.3 Å². The molecule has 2 aromatic carbocycles.